The molecule has 3 N–H and O–H groups in total. The molecule has 0 saturated carbocycles. The number of anilines is 1. The van der Waals surface area contributed by atoms with Crippen molar-refractivity contribution in [1.29, 1.82) is 0 Å². The van der Waals surface area contributed by atoms with Crippen molar-refractivity contribution in [1.82, 2.24) is 10.6 Å². The molecule has 1 aliphatic rings. The molecule has 2 aromatic carbocycles. The summed E-state index contributed by atoms with van der Waals surface area (Å²) in [5, 5.41) is 8.23. The molecule has 1 aliphatic heterocycles. The summed E-state index contributed by atoms with van der Waals surface area (Å²) in [6.45, 7) is 0.695. The number of urea groups is 1. The predicted molar refractivity (Wildman–Crippen MR) is 102 cm³/mol. The molecule has 3 rings (SSSR count). The van der Waals surface area contributed by atoms with Crippen LogP contribution in [0.3, 0.4) is 0 Å². The Morgan fingerprint density at radius 2 is 1.81 bits per heavy atom. The third kappa shape index (κ3) is 5.13. The van der Waals surface area contributed by atoms with Crippen molar-refractivity contribution < 1.29 is 19.1 Å². The number of para-hydroxylation sites is 3. The van der Waals surface area contributed by atoms with Gasteiger partial charge in [0.15, 0.2) is 17.6 Å². The van der Waals surface area contributed by atoms with Gasteiger partial charge in [0.05, 0.1) is 6.54 Å². The van der Waals surface area contributed by atoms with E-state index in [2.05, 4.69) is 16.0 Å². The Bertz CT molecular complexity index is 809. The average Bonchev–Trinajstić information content (AvgIpc) is 2.71. The van der Waals surface area contributed by atoms with Crippen LogP contribution in [0.25, 0.3) is 0 Å². The average molecular weight is 369 g/mol. The van der Waals surface area contributed by atoms with Gasteiger partial charge < -0.3 is 25.4 Å². The lowest BCUT2D eigenvalue weighted by molar-refractivity contribution is -0.120. The molecule has 0 radical (unpaired) electrons. The summed E-state index contributed by atoms with van der Waals surface area (Å²) in [7, 11) is 1.61. The highest BCUT2D eigenvalue weighted by molar-refractivity contribution is 5.90. The van der Waals surface area contributed by atoms with Crippen LogP contribution < -0.4 is 25.4 Å². The Labute approximate surface area is 158 Å². The normalized spacial score (nSPS) is 14.9. The van der Waals surface area contributed by atoms with Gasteiger partial charge in [0.25, 0.3) is 0 Å². The highest BCUT2D eigenvalue weighted by Crippen LogP contribution is 2.30. The highest BCUT2D eigenvalue weighted by atomic mass is 16.6. The summed E-state index contributed by atoms with van der Waals surface area (Å²) in [6.07, 6.45) is 0.657. The second-order valence-electron chi connectivity index (χ2n) is 6.16. The second-order valence-corrected chi connectivity index (χ2v) is 6.16. The minimum atomic E-state index is -0.329. The molecule has 7 nitrogen and oxygen atoms in total. The molecule has 142 valence electrons. The number of rotatable bonds is 6. The number of carbonyl (C=O) groups excluding carboxylic acids is 2. The molecule has 0 aromatic heterocycles. The Morgan fingerprint density at radius 1 is 1.07 bits per heavy atom. The number of fused-ring (bicyclic) bond motifs is 1. The zero-order valence-corrected chi connectivity index (χ0v) is 15.2. The zero-order chi connectivity index (χ0) is 19.1. The van der Waals surface area contributed by atoms with Crippen LogP contribution in [0.4, 0.5) is 10.5 Å². The van der Waals surface area contributed by atoms with E-state index in [0.717, 1.165) is 5.56 Å². The van der Waals surface area contributed by atoms with Crippen molar-refractivity contribution in [3.8, 4) is 11.5 Å². The number of amides is 3. The predicted octanol–water partition coefficient (Wildman–Crippen LogP) is 2.33. The second kappa shape index (κ2) is 8.93. The Morgan fingerprint density at radius 3 is 2.63 bits per heavy atom. The molecule has 27 heavy (non-hydrogen) atoms. The van der Waals surface area contributed by atoms with Crippen molar-refractivity contribution in [2.45, 2.75) is 18.9 Å². The number of aryl methyl sites for hydroxylation is 1. The van der Waals surface area contributed by atoms with Crippen LogP contribution in [0.15, 0.2) is 48.5 Å². The van der Waals surface area contributed by atoms with Gasteiger partial charge in [0.2, 0.25) is 5.91 Å². The van der Waals surface area contributed by atoms with Gasteiger partial charge in [-0.2, -0.15) is 0 Å². The molecule has 2 aromatic rings. The van der Waals surface area contributed by atoms with Gasteiger partial charge in [-0.25, -0.2) is 4.79 Å². The first-order valence-corrected chi connectivity index (χ1v) is 8.87. The molecule has 1 heterocycles. The molecule has 0 spiro atoms. The fourth-order valence-electron chi connectivity index (χ4n) is 2.77. The first-order valence-electron chi connectivity index (χ1n) is 8.87. The van der Waals surface area contributed by atoms with Gasteiger partial charge in [-0.1, -0.05) is 30.3 Å². The van der Waals surface area contributed by atoms with E-state index >= 15 is 0 Å². The first kappa shape index (κ1) is 18.6. The Balaban J connectivity index is 1.51. The van der Waals surface area contributed by atoms with Crippen LogP contribution in [-0.2, 0) is 11.2 Å². The van der Waals surface area contributed by atoms with Crippen molar-refractivity contribution in [3.63, 3.8) is 0 Å². The van der Waals surface area contributed by atoms with Gasteiger partial charge in [0, 0.05) is 19.2 Å². The Hall–Kier alpha value is -3.22. The van der Waals surface area contributed by atoms with Gasteiger partial charge >= 0.3 is 6.03 Å². The van der Waals surface area contributed by atoms with Crippen LogP contribution in [0.5, 0.6) is 11.5 Å². The molecular weight excluding hydrogens is 346 g/mol. The number of hydrogen-bond donors (Lipinski definition) is 3. The number of benzene rings is 2. The van der Waals surface area contributed by atoms with Gasteiger partial charge in [-0.3, -0.25) is 4.79 Å². The minimum Gasteiger partial charge on any atom is -0.486 e. The zero-order valence-electron chi connectivity index (χ0n) is 15.2. The SMILES string of the molecule is CNC(=O)CCc1ccccc1NC(=O)NC[C@@H]1COc2ccccc2O1. The third-order valence-corrected chi connectivity index (χ3v) is 4.22. The van der Waals surface area contributed by atoms with Crippen molar-refractivity contribution in [3.05, 3.63) is 54.1 Å². The van der Waals surface area contributed by atoms with E-state index < -0.39 is 0 Å². The largest absolute Gasteiger partial charge is 0.486 e. The van der Waals surface area contributed by atoms with Crippen molar-refractivity contribution in [2.75, 3.05) is 25.5 Å². The standard InChI is InChI=1S/C20H23N3O4/c1-21-19(24)11-10-14-6-2-3-7-16(14)23-20(25)22-12-15-13-26-17-8-4-5-9-18(17)27-15/h2-9,15H,10-13H2,1H3,(H,21,24)(H2,22,23,25)/t15-/m1/s1. The molecule has 7 heteroatoms. The molecule has 0 unspecified atom stereocenters. The lowest BCUT2D eigenvalue weighted by Crippen LogP contribution is -2.42. The van der Waals surface area contributed by atoms with E-state index in [1.165, 1.54) is 0 Å². The summed E-state index contributed by atoms with van der Waals surface area (Å²) < 4.78 is 11.5. The summed E-state index contributed by atoms with van der Waals surface area (Å²) in [5.74, 6) is 1.35. The monoisotopic (exact) mass is 369 g/mol. The van der Waals surface area contributed by atoms with Crippen LogP contribution in [0.1, 0.15) is 12.0 Å². The fourth-order valence-corrected chi connectivity index (χ4v) is 2.77. The van der Waals surface area contributed by atoms with E-state index in [4.69, 9.17) is 9.47 Å². The maximum atomic E-state index is 12.2. The van der Waals surface area contributed by atoms with Gasteiger partial charge in [-0.05, 0) is 30.2 Å². The molecule has 1 atom stereocenters. The first-order chi connectivity index (χ1) is 13.2. The maximum Gasteiger partial charge on any atom is 0.319 e. The van der Waals surface area contributed by atoms with Crippen LogP contribution >= 0.6 is 0 Å². The maximum absolute atomic E-state index is 12.2. The van der Waals surface area contributed by atoms with Gasteiger partial charge in [0.1, 0.15) is 6.61 Å². The minimum absolute atomic E-state index is 0.0380. The summed E-state index contributed by atoms with van der Waals surface area (Å²) in [5.41, 5.74) is 1.59. The smallest absolute Gasteiger partial charge is 0.319 e. The third-order valence-electron chi connectivity index (χ3n) is 4.22. The molecule has 0 bridgehead atoms. The quantitative estimate of drug-likeness (QED) is 0.729. The summed E-state index contributed by atoms with van der Waals surface area (Å²) in [6, 6.07) is 14.6. The van der Waals surface area contributed by atoms with Crippen molar-refractivity contribution in [2.24, 2.45) is 0 Å². The fraction of sp³-hybridized carbons (Fsp3) is 0.300. The number of nitrogens with one attached hydrogen (secondary N) is 3. The van der Waals surface area contributed by atoms with E-state index in [0.29, 0.717) is 43.2 Å². The van der Waals surface area contributed by atoms with Crippen LogP contribution in [0, 0.1) is 0 Å². The van der Waals surface area contributed by atoms with E-state index in [1.807, 2.05) is 48.5 Å². The van der Waals surface area contributed by atoms with Gasteiger partial charge in [-0.15, -0.1) is 0 Å². The lowest BCUT2D eigenvalue weighted by Gasteiger charge is -2.26. The molecule has 3 amide bonds. The number of carbonyl (C=O) groups is 2. The lowest BCUT2D eigenvalue weighted by atomic mass is 10.1. The van der Waals surface area contributed by atoms with Crippen molar-refractivity contribution >= 4 is 17.6 Å². The molecule has 0 saturated heterocycles. The van der Waals surface area contributed by atoms with Crippen LogP contribution in [-0.4, -0.2) is 38.2 Å². The molecule has 0 fully saturated rings. The van der Waals surface area contributed by atoms with E-state index in [9.17, 15) is 9.59 Å². The highest BCUT2D eigenvalue weighted by Gasteiger charge is 2.21. The van der Waals surface area contributed by atoms with E-state index in [-0.39, 0.29) is 18.0 Å². The summed E-state index contributed by atoms with van der Waals surface area (Å²) in [4.78, 5) is 23.7. The van der Waals surface area contributed by atoms with Crippen LogP contribution in [0.2, 0.25) is 0 Å². The van der Waals surface area contributed by atoms with E-state index in [1.54, 1.807) is 7.05 Å². The topological polar surface area (TPSA) is 88.7 Å². The number of hydrogen-bond acceptors (Lipinski definition) is 4. The molecular formula is C20H23N3O4. The Kier molecular flexibility index (Phi) is 6.14. The molecule has 0 aliphatic carbocycles. The summed E-state index contributed by atoms with van der Waals surface area (Å²) >= 11 is 0. The number of ether oxygens (including phenoxy) is 2.